The van der Waals surface area contributed by atoms with Crippen LogP contribution in [0.15, 0.2) is 24.3 Å². The van der Waals surface area contributed by atoms with E-state index in [9.17, 15) is 50.5 Å². The number of nitrogens with one attached hydrogen (secondary N) is 1. The summed E-state index contributed by atoms with van der Waals surface area (Å²) in [6.45, 7) is 1.30. The third kappa shape index (κ3) is 4.64. The zero-order valence-electron chi connectivity index (χ0n) is 17.1. The number of carbonyl (C=O) groups is 2. The Bertz CT molecular complexity index is 827. The Morgan fingerprint density at radius 2 is 1.24 bits per heavy atom. The molecule has 0 amide bonds. The van der Waals surface area contributed by atoms with Crippen LogP contribution < -0.4 is 5.32 Å². The molecule has 0 bridgehead atoms. The Kier molecular flexibility index (Phi) is 7.36. The molecular formula is C19H20F7NO6. The molecule has 0 saturated carbocycles. The van der Waals surface area contributed by atoms with Crippen LogP contribution in [0.3, 0.4) is 0 Å². The number of rotatable bonds is 5. The van der Waals surface area contributed by atoms with Gasteiger partial charge in [0.25, 0.3) is 0 Å². The lowest BCUT2D eigenvalue weighted by molar-refractivity contribution is -0.376. The maximum atomic E-state index is 14.0. The predicted molar refractivity (Wildman–Crippen MR) is 94.5 cm³/mol. The fraction of sp³-hybridized carbons (Fsp3) is 0.579. The summed E-state index contributed by atoms with van der Waals surface area (Å²) in [5, 5.41) is 21.6. The van der Waals surface area contributed by atoms with Crippen LogP contribution in [0.1, 0.15) is 25.3 Å². The fourth-order valence-corrected chi connectivity index (χ4v) is 3.82. The minimum atomic E-state index is -5.98. The minimum absolute atomic E-state index is 0.535. The summed E-state index contributed by atoms with van der Waals surface area (Å²) in [4.78, 5) is 25.2. The molecule has 33 heavy (non-hydrogen) atoms. The van der Waals surface area contributed by atoms with E-state index in [0.29, 0.717) is 17.4 Å². The standard InChI is InChI=1S/C19H20F7NO6/c1-3-32-14(28)12-11(9-5-7-10(20)8-6-9)13(15(29)33-4-2)17(31,19(24,25)26)27-16(12,30)18(21,22)23/h5-8,11-13,27,30-31H,3-4H2,1-2H3/t11?,12-,13-,16-,17+/m0/s1. The highest BCUT2D eigenvalue weighted by Gasteiger charge is 2.78. The highest BCUT2D eigenvalue weighted by Crippen LogP contribution is 2.55. The maximum Gasteiger partial charge on any atom is 0.432 e. The molecule has 1 unspecified atom stereocenters. The first-order valence-corrected chi connectivity index (χ1v) is 9.51. The van der Waals surface area contributed by atoms with Crippen molar-refractivity contribution in [3.63, 3.8) is 0 Å². The van der Waals surface area contributed by atoms with E-state index in [0.717, 1.165) is 12.1 Å². The number of esters is 2. The molecule has 1 aromatic carbocycles. The molecule has 2 rings (SSSR count). The number of benzene rings is 1. The fourth-order valence-electron chi connectivity index (χ4n) is 3.82. The average Bonchev–Trinajstić information content (AvgIpc) is 2.66. The Morgan fingerprint density at radius 3 is 1.55 bits per heavy atom. The molecule has 14 heteroatoms. The van der Waals surface area contributed by atoms with Gasteiger partial charge in [-0.15, -0.1) is 0 Å². The number of halogens is 7. The molecule has 7 nitrogen and oxygen atoms in total. The van der Waals surface area contributed by atoms with Gasteiger partial charge in [0.15, 0.2) is 0 Å². The van der Waals surface area contributed by atoms with Gasteiger partial charge in [0.05, 0.1) is 13.2 Å². The van der Waals surface area contributed by atoms with Gasteiger partial charge in [0.2, 0.25) is 11.4 Å². The van der Waals surface area contributed by atoms with Gasteiger partial charge >= 0.3 is 24.3 Å². The molecule has 1 aliphatic heterocycles. The second-order valence-electron chi connectivity index (χ2n) is 7.19. The highest BCUT2D eigenvalue weighted by atomic mass is 19.4. The summed E-state index contributed by atoms with van der Waals surface area (Å²) in [5.74, 6) is -13.0. The molecule has 5 atom stereocenters. The van der Waals surface area contributed by atoms with Gasteiger partial charge in [-0.2, -0.15) is 26.3 Å². The number of aliphatic hydroxyl groups is 2. The van der Waals surface area contributed by atoms with E-state index in [4.69, 9.17) is 0 Å². The van der Waals surface area contributed by atoms with Crippen molar-refractivity contribution in [1.29, 1.82) is 0 Å². The molecular weight excluding hydrogens is 471 g/mol. The van der Waals surface area contributed by atoms with Gasteiger partial charge in [-0.05, 0) is 31.5 Å². The van der Waals surface area contributed by atoms with E-state index >= 15 is 0 Å². The molecule has 1 aromatic rings. The molecule has 0 aliphatic carbocycles. The van der Waals surface area contributed by atoms with Crippen LogP contribution in [0, 0.1) is 17.7 Å². The Hall–Kier alpha value is -2.45. The van der Waals surface area contributed by atoms with E-state index in [1.54, 1.807) is 0 Å². The molecule has 0 aromatic heterocycles. The summed E-state index contributed by atoms with van der Waals surface area (Å²) in [7, 11) is 0. The van der Waals surface area contributed by atoms with Crippen molar-refractivity contribution in [2.24, 2.45) is 11.8 Å². The molecule has 0 radical (unpaired) electrons. The monoisotopic (exact) mass is 491 g/mol. The Morgan fingerprint density at radius 1 is 0.879 bits per heavy atom. The SMILES string of the molecule is CCOC(=O)[C@@H]1C(c2ccc(F)cc2)[C@@H](C(=O)OCC)[C@](O)(C(F)(F)F)N[C@]1(O)C(F)(F)F. The first kappa shape index (κ1) is 26.8. The van der Waals surface area contributed by atoms with Gasteiger partial charge < -0.3 is 19.7 Å². The third-order valence-corrected chi connectivity index (χ3v) is 5.20. The van der Waals surface area contributed by atoms with E-state index in [1.165, 1.54) is 13.8 Å². The molecule has 1 saturated heterocycles. The number of alkyl halides is 6. The van der Waals surface area contributed by atoms with E-state index in [1.807, 2.05) is 0 Å². The van der Waals surface area contributed by atoms with E-state index in [2.05, 4.69) is 9.47 Å². The number of hydrogen-bond donors (Lipinski definition) is 3. The minimum Gasteiger partial charge on any atom is -0.466 e. The van der Waals surface area contributed by atoms with Crippen LogP contribution in [-0.4, -0.2) is 59.2 Å². The van der Waals surface area contributed by atoms with Gasteiger partial charge in [0, 0.05) is 5.92 Å². The van der Waals surface area contributed by atoms with Gasteiger partial charge in [0.1, 0.15) is 17.7 Å². The number of hydrogen-bond acceptors (Lipinski definition) is 7. The van der Waals surface area contributed by atoms with Crippen molar-refractivity contribution in [2.75, 3.05) is 13.2 Å². The Labute approximate surface area is 182 Å². The number of carbonyl (C=O) groups excluding carboxylic acids is 2. The first-order valence-electron chi connectivity index (χ1n) is 9.51. The van der Waals surface area contributed by atoms with Gasteiger partial charge in [-0.25, -0.2) is 9.71 Å². The van der Waals surface area contributed by atoms with Crippen molar-refractivity contribution in [3.8, 4) is 0 Å². The van der Waals surface area contributed by atoms with Gasteiger partial charge in [-0.3, -0.25) is 9.59 Å². The lowest BCUT2D eigenvalue weighted by Crippen LogP contribution is -2.81. The zero-order valence-corrected chi connectivity index (χ0v) is 17.1. The maximum absolute atomic E-state index is 14.0. The van der Waals surface area contributed by atoms with E-state index < -0.39 is 78.1 Å². The van der Waals surface area contributed by atoms with Crippen molar-refractivity contribution in [1.82, 2.24) is 5.32 Å². The summed E-state index contributed by atoms with van der Waals surface area (Å²) in [5.41, 5.74) is -10.0. The summed E-state index contributed by atoms with van der Waals surface area (Å²) in [6, 6.07) is 2.75. The average molecular weight is 491 g/mol. The number of piperidine rings is 1. The summed E-state index contributed by atoms with van der Waals surface area (Å²) >= 11 is 0. The van der Waals surface area contributed by atoms with Gasteiger partial charge in [-0.1, -0.05) is 12.1 Å². The largest absolute Gasteiger partial charge is 0.466 e. The van der Waals surface area contributed by atoms with Crippen LogP contribution in [0.5, 0.6) is 0 Å². The summed E-state index contributed by atoms with van der Waals surface area (Å²) in [6.07, 6.45) is -12.0. The summed E-state index contributed by atoms with van der Waals surface area (Å²) < 4.78 is 106. The molecule has 1 fully saturated rings. The molecule has 3 N–H and O–H groups in total. The quantitative estimate of drug-likeness (QED) is 0.429. The number of ether oxygens (including phenoxy) is 2. The zero-order chi connectivity index (χ0) is 25.4. The predicted octanol–water partition coefficient (Wildman–Crippen LogP) is 2.37. The van der Waals surface area contributed by atoms with Crippen molar-refractivity contribution in [3.05, 3.63) is 35.6 Å². The normalized spacial score (nSPS) is 30.6. The van der Waals surface area contributed by atoms with Crippen molar-refractivity contribution >= 4 is 11.9 Å². The Balaban J connectivity index is 2.95. The first-order chi connectivity index (χ1) is 15.0. The second kappa shape index (κ2) is 9.06. The van der Waals surface area contributed by atoms with Crippen LogP contribution in [0.4, 0.5) is 30.7 Å². The smallest absolute Gasteiger partial charge is 0.432 e. The van der Waals surface area contributed by atoms with Crippen LogP contribution in [0.2, 0.25) is 0 Å². The van der Waals surface area contributed by atoms with Crippen LogP contribution in [0.25, 0.3) is 0 Å². The third-order valence-electron chi connectivity index (χ3n) is 5.20. The molecule has 1 heterocycles. The second-order valence-corrected chi connectivity index (χ2v) is 7.19. The molecule has 0 spiro atoms. The van der Waals surface area contributed by atoms with Crippen LogP contribution >= 0.6 is 0 Å². The van der Waals surface area contributed by atoms with Crippen LogP contribution in [-0.2, 0) is 19.1 Å². The van der Waals surface area contributed by atoms with Crippen molar-refractivity contribution in [2.45, 2.75) is 43.6 Å². The molecule has 1 aliphatic rings. The molecule has 186 valence electrons. The lowest BCUT2D eigenvalue weighted by atomic mass is 9.64. The lowest BCUT2D eigenvalue weighted by Gasteiger charge is -2.54. The highest BCUT2D eigenvalue weighted by molar-refractivity contribution is 5.81. The van der Waals surface area contributed by atoms with E-state index in [-0.39, 0.29) is 0 Å². The topological polar surface area (TPSA) is 105 Å². The van der Waals surface area contributed by atoms with Crippen molar-refractivity contribution < 1.29 is 60.0 Å².